The van der Waals surface area contributed by atoms with Crippen LogP contribution in [0.3, 0.4) is 0 Å². The van der Waals surface area contributed by atoms with Crippen LogP contribution in [-0.2, 0) is 16.0 Å². The molecule has 4 nitrogen and oxygen atoms in total. The van der Waals surface area contributed by atoms with Crippen molar-refractivity contribution in [2.75, 3.05) is 5.32 Å². The van der Waals surface area contributed by atoms with Gasteiger partial charge in [0, 0.05) is 5.69 Å². The number of aliphatic carboxylic acids is 1. The van der Waals surface area contributed by atoms with Gasteiger partial charge in [0.1, 0.15) is 5.41 Å². The van der Waals surface area contributed by atoms with Crippen molar-refractivity contribution >= 4 is 17.6 Å². The lowest BCUT2D eigenvalue weighted by Gasteiger charge is -2.35. The van der Waals surface area contributed by atoms with Crippen molar-refractivity contribution in [1.82, 2.24) is 0 Å². The summed E-state index contributed by atoms with van der Waals surface area (Å²) in [5.74, 6) is -1.40. The van der Waals surface area contributed by atoms with Gasteiger partial charge in [-0.25, -0.2) is 0 Å². The Morgan fingerprint density at radius 3 is 2.35 bits per heavy atom. The molecule has 0 radical (unpaired) electrons. The second kappa shape index (κ2) is 6.07. The fraction of sp³-hybridized carbons (Fsp3) is 0.500. The summed E-state index contributed by atoms with van der Waals surface area (Å²) in [4.78, 5) is 23.4. The highest BCUT2D eigenvalue weighted by molar-refractivity contribution is 6.09. The number of hydrogen-bond donors (Lipinski definition) is 2. The van der Waals surface area contributed by atoms with E-state index in [1.807, 2.05) is 24.3 Å². The second-order valence-corrected chi connectivity index (χ2v) is 5.50. The van der Waals surface area contributed by atoms with Crippen molar-refractivity contribution in [3.05, 3.63) is 29.8 Å². The fourth-order valence-electron chi connectivity index (χ4n) is 2.45. The van der Waals surface area contributed by atoms with E-state index >= 15 is 0 Å². The number of carboxylic acid groups (broad SMARTS) is 1. The van der Waals surface area contributed by atoms with Crippen LogP contribution < -0.4 is 5.32 Å². The second-order valence-electron chi connectivity index (χ2n) is 5.50. The number of nitrogens with one attached hydrogen (secondary N) is 1. The van der Waals surface area contributed by atoms with Crippen molar-refractivity contribution in [2.24, 2.45) is 5.41 Å². The normalized spacial score (nSPS) is 16.2. The molecule has 4 heteroatoms. The minimum atomic E-state index is -1.21. The molecule has 2 N–H and O–H groups in total. The van der Waals surface area contributed by atoms with Crippen molar-refractivity contribution in [2.45, 2.75) is 45.4 Å². The van der Waals surface area contributed by atoms with Crippen LogP contribution in [0.4, 0.5) is 5.69 Å². The van der Waals surface area contributed by atoms with Crippen molar-refractivity contribution < 1.29 is 14.7 Å². The Morgan fingerprint density at radius 2 is 1.90 bits per heavy atom. The average molecular weight is 275 g/mol. The SMILES string of the molecule is CCCCc1ccc(NC(=O)C2(C(=O)O)CCC2)cc1. The summed E-state index contributed by atoms with van der Waals surface area (Å²) in [6.45, 7) is 2.15. The summed E-state index contributed by atoms with van der Waals surface area (Å²) in [6.07, 6.45) is 5.00. The first-order chi connectivity index (χ1) is 9.58. The number of carbonyl (C=O) groups excluding carboxylic acids is 1. The molecule has 1 aromatic rings. The summed E-state index contributed by atoms with van der Waals surface area (Å²) >= 11 is 0. The van der Waals surface area contributed by atoms with Gasteiger partial charge in [-0.15, -0.1) is 0 Å². The van der Waals surface area contributed by atoms with E-state index in [0.717, 1.165) is 25.7 Å². The predicted molar refractivity (Wildman–Crippen MR) is 77.6 cm³/mol. The first-order valence-corrected chi connectivity index (χ1v) is 7.22. The fourth-order valence-corrected chi connectivity index (χ4v) is 2.45. The van der Waals surface area contributed by atoms with Crippen LogP contribution in [0.25, 0.3) is 0 Å². The minimum absolute atomic E-state index is 0.391. The number of rotatable bonds is 6. The molecule has 0 saturated heterocycles. The third kappa shape index (κ3) is 2.84. The number of unbranched alkanes of at least 4 members (excludes halogenated alkanes) is 1. The lowest BCUT2D eigenvalue weighted by molar-refractivity contribution is -0.159. The first kappa shape index (κ1) is 14.6. The molecule has 2 rings (SSSR count). The Hall–Kier alpha value is -1.84. The van der Waals surface area contributed by atoms with Gasteiger partial charge in [-0.05, 0) is 43.4 Å². The molecule has 0 aromatic heterocycles. The number of aryl methyl sites for hydroxylation is 1. The Labute approximate surface area is 119 Å². The van der Waals surface area contributed by atoms with E-state index < -0.39 is 17.3 Å². The van der Waals surface area contributed by atoms with E-state index in [1.165, 1.54) is 5.56 Å². The number of carbonyl (C=O) groups is 2. The molecule has 20 heavy (non-hydrogen) atoms. The van der Waals surface area contributed by atoms with E-state index in [2.05, 4.69) is 12.2 Å². The zero-order valence-electron chi connectivity index (χ0n) is 11.8. The molecule has 0 bridgehead atoms. The molecule has 0 heterocycles. The Balaban J connectivity index is 1.99. The van der Waals surface area contributed by atoms with Gasteiger partial charge in [0.05, 0.1) is 0 Å². The van der Waals surface area contributed by atoms with Crippen molar-refractivity contribution in [3.63, 3.8) is 0 Å². The summed E-state index contributed by atoms with van der Waals surface area (Å²) in [6, 6.07) is 7.66. The highest BCUT2D eigenvalue weighted by atomic mass is 16.4. The highest BCUT2D eigenvalue weighted by Gasteiger charge is 2.51. The largest absolute Gasteiger partial charge is 0.480 e. The van der Waals surface area contributed by atoms with Crippen LogP contribution >= 0.6 is 0 Å². The smallest absolute Gasteiger partial charge is 0.319 e. The summed E-state index contributed by atoms with van der Waals surface area (Å²) in [5, 5.41) is 11.9. The molecule has 1 aliphatic carbocycles. The van der Waals surface area contributed by atoms with Crippen LogP contribution in [0.5, 0.6) is 0 Å². The molecule has 1 fully saturated rings. The van der Waals surface area contributed by atoms with Crippen LogP contribution in [-0.4, -0.2) is 17.0 Å². The van der Waals surface area contributed by atoms with Gasteiger partial charge in [-0.1, -0.05) is 31.9 Å². The zero-order valence-corrected chi connectivity index (χ0v) is 11.8. The van der Waals surface area contributed by atoms with Crippen molar-refractivity contribution in [3.8, 4) is 0 Å². The molecule has 1 amide bonds. The van der Waals surface area contributed by atoms with Gasteiger partial charge >= 0.3 is 5.97 Å². The van der Waals surface area contributed by atoms with E-state index in [1.54, 1.807) is 0 Å². The highest BCUT2D eigenvalue weighted by Crippen LogP contribution is 2.42. The molecular formula is C16H21NO3. The van der Waals surface area contributed by atoms with Crippen LogP contribution in [0.15, 0.2) is 24.3 Å². The zero-order chi connectivity index (χ0) is 14.6. The quantitative estimate of drug-likeness (QED) is 0.783. The number of amides is 1. The Bertz CT molecular complexity index is 489. The molecule has 0 spiro atoms. The molecular weight excluding hydrogens is 254 g/mol. The van der Waals surface area contributed by atoms with E-state index in [-0.39, 0.29) is 0 Å². The number of carboxylic acids is 1. The lowest BCUT2D eigenvalue weighted by atomic mass is 9.68. The topological polar surface area (TPSA) is 66.4 Å². The maximum atomic E-state index is 12.1. The van der Waals surface area contributed by atoms with E-state index in [4.69, 9.17) is 0 Å². The Morgan fingerprint density at radius 1 is 1.25 bits per heavy atom. The third-order valence-electron chi connectivity index (χ3n) is 4.08. The number of anilines is 1. The third-order valence-corrected chi connectivity index (χ3v) is 4.08. The van der Waals surface area contributed by atoms with Crippen molar-refractivity contribution in [1.29, 1.82) is 0 Å². The first-order valence-electron chi connectivity index (χ1n) is 7.22. The van der Waals surface area contributed by atoms with Gasteiger partial charge < -0.3 is 10.4 Å². The van der Waals surface area contributed by atoms with E-state index in [0.29, 0.717) is 18.5 Å². The van der Waals surface area contributed by atoms with Crippen LogP contribution in [0, 0.1) is 5.41 Å². The summed E-state index contributed by atoms with van der Waals surface area (Å²) < 4.78 is 0. The van der Waals surface area contributed by atoms with Gasteiger partial charge in [0.25, 0.3) is 0 Å². The van der Waals surface area contributed by atoms with Gasteiger partial charge in [-0.3, -0.25) is 9.59 Å². The van der Waals surface area contributed by atoms with Gasteiger partial charge in [0.15, 0.2) is 0 Å². The molecule has 108 valence electrons. The monoisotopic (exact) mass is 275 g/mol. The standard InChI is InChI=1S/C16H21NO3/c1-2-3-5-12-6-8-13(9-7-12)17-14(18)16(15(19)20)10-4-11-16/h6-9H,2-5,10-11H2,1H3,(H,17,18)(H,19,20). The maximum Gasteiger partial charge on any atom is 0.319 e. The molecule has 1 saturated carbocycles. The predicted octanol–water partition coefficient (Wildman–Crippen LogP) is 3.22. The molecule has 1 aromatic carbocycles. The molecule has 0 unspecified atom stereocenters. The summed E-state index contributed by atoms with van der Waals surface area (Å²) in [5.41, 5.74) is 0.699. The molecule has 1 aliphatic rings. The Kier molecular flexibility index (Phi) is 4.42. The van der Waals surface area contributed by atoms with Crippen LogP contribution in [0.2, 0.25) is 0 Å². The molecule has 0 aliphatic heterocycles. The number of benzene rings is 1. The van der Waals surface area contributed by atoms with Crippen LogP contribution in [0.1, 0.15) is 44.6 Å². The molecule has 0 atom stereocenters. The lowest BCUT2D eigenvalue weighted by Crippen LogP contribution is -2.48. The van der Waals surface area contributed by atoms with Gasteiger partial charge in [-0.2, -0.15) is 0 Å². The average Bonchev–Trinajstić information content (AvgIpc) is 2.36. The number of hydrogen-bond acceptors (Lipinski definition) is 2. The minimum Gasteiger partial charge on any atom is -0.480 e. The van der Waals surface area contributed by atoms with Gasteiger partial charge in [0.2, 0.25) is 5.91 Å². The maximum absolute atomic E-state index is 12.1. The summed E-state index contributed by atoms with van der Waals surface area (Å²) in [7, 11) is 0. The van der Waals surface area contributed by atoms with E-state index in [9.17, 15) is 14.7 Å².